The van der Waals surface area contributed by atoms with E-state index in [1.807, 2.05) is 36.4 Å². The molecule has 0 fully saturated rings. The lowest BCUT2D eigenvalue weighted by molar-refractivity contribution is -0.698. The Balaban J connectivity index is 2.26. The first-order chi connectivity index (χ1) is 7.79. The van der Waals surface area contributed by atoms with Crippen molar-refractivity contribution in [3.63, 3.8) is 0 Å². The Hall–Kier alpha value is -1.88. The van der Waals surface area contributed by atoms with Gasteiger partial charge >= 0.3 is 0 Å². The zero-order valence-corrected chi connectivity index (χ0v) is 8.55. The standard InChI is InChI=1S/C12H11N3O/c13-14-9-5-1-3-7-11(9)15(16)12-8-4-2-6-10(12)14/h1-8,15H,13H2. The number of nitrogens with zero attached hydrogens (tertiary/aromatic N) is 1. The van der Waals surface area contributed by atoms with Gasteiger partial charge in [-0.1, -0.05) is 24.3 Å². The van der Waals surface area contributed by atoms with Crippen LogP contribution in [0.3, 0.4) is 0 Å². The van der Waals surface area contributed by atoms with Crippen molar-refractivity contribution >= 4 is 22.7 Å². The van der Waals surface area contributed by atoms with E-state index in [2.05, 4.69) is 0 Å². The first-order valence-electron chi connectivity index (χ1n) is 5.06. The lowest BCUT2D eigenvalue weighted by Crippen LogP contribution is -2.97. The maximum Gasteiger partial charge on any atom is 0.161 e. The summed E-state index contributed by atoms with van der Waals surface area (Å²) in [5, 5.41) is 13.8. The highest BCUT2D eigenvalue weighted by molar-refractivity contribution is 5.80. The largest absolute Gasteiger partial charge is 0.623 e. The minimum Gasteiger partial charge on any atom is -0.623 e. The minimum absolute atomic E-state index is 0.0351. The van der Waals surface area contributed by atoms with Crippen molar-refractivity contribution in [2.45, 2.75) is 0 Å². The number of quaternary nitrogens is 1. The van der Waals surface area contributed by atoms with Gasteiger partial charge in [-0.05, 0) is 12.1 Å². The first-order valence-corrected chi connectivity index (χ1v) is 5.06. The molecule has 80 valence electrons. The van der Waals surface area contributed by atoms with E-state index in [1.54, 1.807) is 17.1 Å². The van der Waals surface area contributed by atoms with Crippen LogP contribution in [0.15, 0.2) is 48.5 Å². The Morgan fingerprint density at radius 2 is 1.31 bits per heavy atom. The van der Waals surface area contributed by atoms with Gasteiger partial charge in [0, 0.05) is 12.1 Å². The van der Waals surface area contributed by atoms with Crippen molar-refractivity contribution in [1.82, 2.24) is 0 Å². The molecule has 0 bridgehead atoms. The fraction of sp³-hybridized carbons (Fsp3) is 0. The van der Waals surface area contributed by atoms with E-state index in [1.165, 1.54) is 0 Å². The van der Waals surface area contributed by atoms with Crippen LogP contribution in [0.5, 0.6) is 0 Å². The molecule has 3 N–H and O–H groups in total. The molecule has 4 heteroatoms. The zero-order chi connectivity index (χ0) is 11.1. The quantitative estimate of drug-likeness (QED) is 0.513. The molecule has 0 saturated heterocycles. The number of para-hydroxylation sites is 4. The third-order valence-electron chi connectivity index (χ3n) is 2.82. The summed E-state index contributed by atoms with van der Waals surface area (Å²) in [5.74, 6) is 6.00. The molecule has 0 aromatic heterocycles. The van der Waals surface area contributed by atoms with Crippen molar-refractivity contribution in [3.8, 4) is 0 Å². The lowest BCUT2D eigenvalue weighted by Gasteiger charge is -2.34. The van der Waals surface area contributed by atoms with Gasteiger partial charge < -0.3 is 10.3 Å². The number of fused-ring (bicyclic) bond motifs is 2. The normalized spacial score (nSPS) is 14.5. The summed E-state index contributed by atoms with van der Waals surface area (Å²) in [6.45, 7) is 0. The molecule has 0 atom stereocenters. The van der Waals surface area contributed by atoms with Gasteiger partial charge in [0.25, 0.3) is 0 Å². The van der Waals surface area contributed by atoms with E-state index in [0.29, 0.717) is 11.4 Å². The lowest BCUT2D eigenvalue weighted by atomic mass is 10.1. The minimum atomic E-state index is 0.0351. The number of hydrogen-bond donors (Lipinski definition) is 2. The maximum atomic E-state index is 12.2. The van der Waals surface area contributed by atoms with Crippen molar-refractivity contribution in [2.24, 2.45) is 5.84 Å². The van der Waals surface area contributed by atoms with Gasteiger partial charge in [-0.3, -0.25) is 5.01 Å². The Morgan fingerprint density at radius 1 is 0.875 bits per heavy atom. The van der Waals surface area contributed by atoms with E-state index >= 15 is 0 Å². The Kier molecular flexibility index (Phi) is 1.94. The molecule has 1 aliphatic heterocycles. The maximum absolute atomic E-state index is 12.2. The van der Waals surface area contributed by atoms with Crippen LogP contribution in [-0.4, -0.2) is 0 Å². The van der Waals surface area contributed by atoms with Gasteiger partial charge in [0.15, 0.2) is 11.4 Å². The second-order valence-electron chi connectivity index (χ2n) is 3.73. The summed E-state index contributed by atoms with van der Waals surface area (Å²) in [5.41, 5.74) is 2.82. The average Bonchev–Trinajstić information content (AvgIpc) is 2.36. The molecule has 2 aromatic rings. The summed E-state index contributed by atoms with van der Waals surface area (Å²) in [6.07, 6.45) is 0. The van der Waals surface area contributed by atoms with Crippen LogP contribution in [0.4, 0.5) is 22.7 Å². The highest BCUT2D eigenvalue weighted by atomic mass is 16.5. The average molecular weight is 213 g/mol. The topological polar surface area (TPSA) is 56.8 Å². The number of rotatable bonds is 0. The van der Waals surface area contributed by atoms with Gasteiger partial charge in [0.2, 0.25) is 0 Å². The summed E-state index contributed by atoms with van der Waals surface area (Å²) >= 11 is 0. The van der Waals surface area contributed by atoms with Crippen LogP contribution in [0.1, 0.15) is 0 Å². The van der Waals surface area contributed by atoms with E-state index in [-0.39, 0.29) is 5.06 Å². The molecule has 0 aliphatic carbocycles. The van der Waals surface area contributed by atoms with Crippen molar-refractivity contribution in [3.05, 3.63) is 53.7 Å². The summed E-state index contributed by atoms with van der Waals surface area (Å²) < 4.78 is 0. The highest BCUT2D eigenvalue weighted by Crippen LogP contribution is 2.35. The van der Waals surface area contributed by atoms with Crippen molar-refractivity contribution in [1.29, 1.82) is 0 Å². The summed E-state index contributed by atoms with van der Waals surface area (Å²) in [4.78, 5) is 0. The fourth-order valence-corrected chi connectivity index (χ4v) is 2.03. The van der Waals surface area contributed by atoms with E-state index in [9.17, 15) is 5.21 Å². The molecule has 0 saturated carbocycles. The fourth-order valence-electron chi connectivity index (χ4n) is 2.03. The van der Waals surface area contributed by atoms with Crippen LogP contribution in [0.2, 0.25) is 0 Å². The predicted octanol–water partition coefficient (Wildman–Crippen LogP) is 1.36. The zero-order valence-electron chi connectivity index (χ0n) is 8.55. The van der Waals surface area contributed by atoms with Crippen LogP contribution in [-0.2, 0) is 0 Å². The molecule has 1 heterocycles. The van der Waals surface area contributed by atoms with Gasteiger partial charge in [-0.25, -0.2) is 5.84 Å². The monoisotopic (exact) mass is 213 g/mol. The molecule has 3 rings (SSSR count). The third kappa shape index (κ3) is 1.15. The molecule has 4 nitrogen and oxygen atoms in total. The van der Waals surface area contributed by atoms with Gasteiger partial charge in [-0.15, -0.1) is 0 Å². The van der Waals surface area contributed by atoms with Crippen molar-refractivity contribution < 1.29 is 5.06 Å². The van der Waals surface area contributed by atoms with Gasteiger partial charge in [-0.2, -0.15) is 0 Å². The van der Waals surface area contributed by atoms with Crippen LogP contribution >= 0.6 is 0 Å². The predicted molar refractivity (Wildman–Crippen MR) is 62.9 cm³/mol. The van der Waals surface area contributed by atoms with E-state index in [0.717, 1.165) is 11.4 Å². The highest BCUT2D eigenvalue weighted by Gasteiger charge is 2.26. The number of nitrogens with two attached hydrogens (primary N) is 1. The van der Waals surface area contributed by atoms with Gasteiger partial charge in [0.1, 0.15) is 11.4 Å². The second kappa shape index (κ2) is 3.31. The van der Waals surface area contributed by atoms with E-state index in [4.69, 9.17) is 5.84 Å². The van der Waals surface area contributed by atoms with Crippen molar-refractivity contribution in [2.75, 3.05) is 5.01 Å². The molecule has 0 unspecified atom stereocenters. The molecular formula is C12H11N3O. The SMILES string of the molecule is NN1c2ccccc2[NH+]([O-])c2ccccc21. The molecule has 16 heavy (non-hydrogen) atoms. The van der Waals surface area contributed by atoms with Crippen LogP contribution in [0.25, 0.3) is 0 Å². The van der Waals surface area contributed by atoms with E-state index < -0.39 is 0 Å². The molecule has 1 aliphatic rings. The summed E-state index contributed by atoms with van der Waals surface area (Å²) in [7, 11) is 0. The van der Waals surface area contributed by atoms with Crippen LogP contribution < -0.4 is 15.9 Å². The molecule has 0 amide bonds. The smallest absolute Gasteiger partial charge is 0.161 e. The number of nitrogens with one attached hydrogen (secondary N) is 1. The Labute approximate surface area is 93.1 Å². The number of benzene rings is 2. The molecule has 2 aromatic carbocycles. The third-order valence-corrected chi connectivity index (χ3v) is 2.82. The number of anilines is 2. The Morgan fingerprint density at radius 3 is 1.81 bits per heavy atom. The van der Waals surface area contributed by atoms with Gasteiger partial charge in [0.05, 0.1) is 0 Å². The number of hydrazine groups is 1. The number of hydrogen-bond acceptors (Lipinski definition) is 3. The first kappa shape index (κ1) is 9.35. The summed E-state index contributed by atoms with van der Waals surface area (Å²) in [6, 6.07) is 14.7. The van der Waals surface area contributed by atoms with Crippen LogP contribution in [0, 0.1) is 5.21 Å². The molecular weight excluding hydrogens is 202 g/mol. The Bertz CT molecular complexity index is 446. The second-order valence-corrected chi connectivity index (χ2v) is 3.73. The molecule has 0 spiro atoms. The molecule has 0 radical (unpaired) electrons.